The monoisotopic (exact) mass is 426 g/mol. The summed E-state index contributed by atoms with van der Waals surface area (Å²) in [5.74, 6) is -2.51. The van der Waals surface area contributed by atoms with Crippen LogP contribution in [0.2, 0.25) is 0 Å². The second-order valence-electron chi connectivity index (χ2n) is 6.25. The van der Waals surface area contributed by atoms with Crippen LogP contribution in [-0.4, -0.2) is 72.6 Å². The van der Waals surface area contributed by atoms with Gasteiger partial charge in [-0.15, -0.1) is 0 Å². The molecule has 2 saturated heterocycles. The molecule has 2 aliphatic rings. The molecule has 3 atom stereocenters. The number of nitrogens with zero attached hydrogens (tertiary/aromatic N) is 2. The smallest absolute Gasteiger partial charge is 0.475 e. The number of fused-ring (bicyclic) bond motifs is 1. The Bertz CT molecular complexity index is 759. The lowest BCUT2D eigenvalue weighted by atomic mass is 10.0. The fraction of sp³-hybridized carbons (Fsp3) is 0.625. The highest BCUT2D eigenvalue weighted by molar-refractivity contribution is 7.89. The van der Waals surface area contributed by atoms with Gasteiger partial charge in [-0.2, -0.15) is 17.5 Å². The van der Waals surface area contributed by atoms with E-state index in [-0.39, 0.29) is 23.8 Å². The van der Waals surface area contributed by atoms with Gasteiger partial charge in [0.15, 0.2) is 0 Å². The first-order chi connectivity index (χ1) is 13.1. The molecule has 3 rings (SSSR count). The zero-order valence-corrected chi connectivity index (χ0v) is 15.8. The molecule has 0 radical (unpaired) electrons. The number of aliphatic carboxylic acids is 1. The van der Waals surface area contributed by atoms with Gasteiger partial charge in [0, 0.05) is 24.9 Å². The largest absolute Gasteiger partial charge is 0.490 e. The van der Waals surface area contributed by atoms with Crippen LogP contribution in [0.4, 0.5) is 13.2 Å². The standard InChI is InChI=1S/C14H20N2O4S.C2HF3O2/c1-2-21(17,18)16-7-14(12-9-19-10-13(12)16)20-8-11-4-3-5-15-6-11;3-2(4,5)1(6)7/h3-6,12-14H,2,7-10H2,1H3;(H,6,7)/t12-,13+,14-;/m0./s1. The molecule has 158 valence electrons. The molecule has 3 heterocycles. The van der Waals surface area contributed by atoms with Crippen LogP contribution >= 0.6 is 0 Å². The lowest BCUT2D eigenvalue weighted by Crippen LogP contribution is -2.39. The summed E-state index contributed by atoms with van der Waals surface area (Å²) in [4.78, 5) is 12.9. The summed E-state index contributed by atoms with van der Waals surface area (Å²) >= 11 is 0. The molecule has 0 aromatic carbocycles. The van der Waals surface area contributed by atoms with Gasteiger partial charge in [-0.05, 0) is 18.6 Å². The van der Waals surface area contributed by atoms with Crippen LogP contribution in [-0.2, 0) is 30.9 Å². The van der Waals surface area contributed by atoms with Crippen LogP contribution in [0, 0.1) is 5.92 Å². The summed E-state index contributed by atoms with van der Waals surface area (Å²) in [5.41, 5.74) is 0.991. The van der Waals surface area contributed by atoms with Gasteiger partial charge in [0.25, 0.3) is 0 Å². The van der Waals surface area contributed by atoms with E-state index in [0.717, 1.165) is 5.56 Å². The van der Waals surface area contributed by atoms with Crippen molar-refractivity contribution in [1.82, 2.24) is 9.29 Å². The van der Waals surface area contributed by atoms with Crippen molar-refractivity contribution >= 4 is 16.0 Å². The summed E-state index contributed by atoms with van der Waals surface area (Å²) in [7, 11) is -3.21. The van der Waals surface area contributed by atoms with E-state index in [0.29, 0.717) is 26.4 Å². The maximum absolute atomic E-state index is 12.2. The summed E-state index contributed by atoms with van der Waals surface area (Å²) in [6.45, 7) is 3.58. The zero-order valence-electron chi connectivity index (χ0n) is 15.0. The number of carbonyl (C=O) groups is 1. The molecule has 1 aromatic rings. The Morgan fingerprint density at radius 3 is 2.64 bits per heavy atom. The fourth-order valence-corrected chi connectivity index (χ4v) is 4.34. The van der Waals surface area contributed by atoms with Gasteiger partial charge in [-0.1, -0.05) is 6.07 Å². The minimum atomic E-state index is -5.08. The van der Waals surface area contributed by atoms with E-state index in [9.17, 15) is 21.6 Å². The average molecular weight is 426 g/mol. The van der Waals surface area contributed by atoms with E-state index in [1.54, 1.807) is 23.6 Å². The molecule has 8 nitrogen and oxygen atoms in total. The van der Waals surface area contributed by atoms with Gasteiger partial charge in [0.1, 0.15) is 0 Å². The number of rotatable bonds is 5. The number of carboxylic acid groups (broad SMARTS) is 1. The van der Waals surface area contributed by atoms with Gasteiger partial charge in [-0.25, -0.2) is 13.2 Å². The van der Waals surface area contributed by atoms with Gasteiger partial charge in [-0.3, -0.25) is 4.98 Å². The molecule has 0 bridgehead atoms. The molecular formula is C16H21F3N2O6S. The topological polar surface area (TPSA) is 106 Å². The summed E-state index contributed by atoms with van der Waals surface area (Å²) in [6, 6.07) is 3.74. The van der Waals surface area contributed by atoms with Crippen molar-refractivity contribution in [2.75, 3.05) is 25.5 Å². The number of halogens is 3. The average Bonchev–Trinajstić information content (AvgIpc) is 3.23. The van der Waals surface area contributed by atoms with E-state index in [1.165, 1.54) is 0 Å². The van der Waals surface area contributed by atoms with Gasteiger partial charge in [0.05, 0.1) is 37.7 Å². The summed E-state index contributed by atoms with van der Waals surface area (Å²) in [5, 5.41) is 7.12. The molecule has 28 heavy (non-hydrogen) atoms. The molecule has 12 heteroatoms. The molecule has 1 aromatic heterocycles. The highest BCUT2D eigenvalue weighted by Crippen LogP contribution is 2.34. The van der Waals surface area contributed by atoms with Crippen molar-refractivity contribution in [2.45, 2.75) is 31.9 Å². The van der Waals surface area contributed by atoms with Gasteiger partial charge < -0.3 is 14.6 Å². The fourth-order valence-electron chi connectivity index (χ4n) is 3.01. The van der Waals surface area contributed by atoms with Crippen molar-refractivity contribution in [3.05, 3.63) is 30.1 Å². The molecule has 0 spiro atoms. The SMILES string of the molecule is CCS(=O)(=O)N1C[C@H](OCc2cccnc2)[C@H]2COC[C@H]21.O=C(O)C(F)(F)F. The Labute approximate surface area is 160 Å². The Morgan fingerprint density at radius 1 is 1.43 bits per heavy atom. The minimum absolute atomic E-state index is 0.0751. The number of pyridine rings is 1. The van der Waals surface area contributed by atoms with Crippen molar-refractivity contribution in [2.24, 2.45) is 5.92 Å². The third-order valence-corrected chi connectivity index (χ3v) is 6.32. The minimum Gasteiger partial charge on any atom is -0.475 e. The van der Waals surface area contributed by atoms with Crippen LogP contribution in [0.25, 0.3) is 0 Å². The zero-order chi connectivity index (χ0) is 20.9. The molecule has 0 saturated carbocycles. The van der Waals surface area contributed by atoms with Crippen molar-refractivity contribution in [3.63, 3.8) is 0 Å². The Balaban J connectivity index is 0.000000345. The predicted octanol–water partition coefficient (Wildman–Crippen LogP) is 1.28. The molecule has 1 N–H and O–H groups in total. The quantitative estimate of drug-likeness (QED) is 0.756. The second kappa shape index (κ2) is 9.16. The maximum atomic E-state index is 12.2. The van der Waals surface area contributed by atoms with Crippen LogP contribution < -0.4 is 0 Å². The highest BCUT2D eigenvalue weighted by Gasteiger charge is 2.50. The first-order valence-corrected chi connectivity index (χ1v) is 10.0. The second-order valence-corrected chi connectivity index (χ2v) is 8.46. The number of carboxylic acids is 1. The van der Waals surface area contributed by atoms with Crippen LogP contribution in [0.1, 0.15) is 12.5 Å². The van der Waals surface area contributed by atoms with E-state index in [4.69, 9.17) is 19.4 Å². The summed E-state index contributed by atoms with van der Waals surface area (Å²) in [6.07, 6.45) is -1.72. The van der Waals surface area contributed by atoms with Gasteiger partial charge in [0.2, 0.25) is 10.0 Å². The molecule has 0 aliphatic carbocycles. The predicted molar refractivity (Wildman–Crippen MR) is 90.8 cm³/mol. The van der Waals surface area contributed by atoms with E-state index >= 15 is 0 Å². The lowest BCUT2D eigenvalue weighted by Gasteiger charge is -2.20. The van der Waals surface area contributed by atoms with Crippen LogP contribution in [0.3, 0.4) is 0 Å². The third kappa shape index (κ3) is 5.63. The number of hydrogen-bond donors (Lipinski definition) is 1. The number of aromatic nitrogens is 1. The van der Waals surface area contributed by atoms with E-state index < -0.39 is 22.2 Å². The van der Waals surface area contributed by atoms with E-state index in [2.05, 4.69) is 4.98 Å². The molecule has 0 unspecified atom stereocenters. The molecular weight excluding hydrogens is 405 g/mol. The first kappa shape index (κ1) is 22.5. The number of hydrogen-bond acceptors (Lipinski definition) is 6. The Hall–Kier alpha value is -1.76. The Morgan fingerprint density at radius 2 is 2.11 bits per heavy atom. The molecule has 2 fully saturated rings. The molecule has 2 aliphatic heterocycles. The molecule has 0 amide bonds. The maximum Gasteiger partial charge on any atom is 0.490 e. The van der Waals surface area contributed by atoms with Crippen molar-refractivity contribution in [3.8, 4) is 0 Å². The van der Waals surface area contributed by atoms with Crippen molar-refractivity contribution < 1.29 is 41.0 Å². The lowest BCUT2D eigenvalue weighted by molar-refractivity contribution is -0.192. The Kier molecular flexibility index (Phi) is 7.37. The number of sulfonamides is 1. The first-order valence-electron chi connectivity index (χ1n) is 8.44. The van der Waals surface area contributed by atoms with E-state index in [1.807, 2.05) is 12.1 Å². The van der Waals surface area contributed by atoms with Crippen LogP contribution in [0.15, 0.2) is 24.5 Å². The van der Waals surface area contributed by atoms with Crippen molar-refractivity contribution in [1.29, 1.82) is 0 Å². The number of ether oxygens (including phenoxy) is 2. The summed E-state index contributed by atoms with van der Waals surface area (Å²) < 4.78 is 69.1. The van der Waals surface area contributed by atoms with Gasteiger partial charge >= 0.3 is 12.1 Å². The van der Waals surface area contributed by atoms with Crippen LogP contribution in [0.5, 0.6) is 0 Å². The third-order valence-electron chi connectivity index (χ3n) is 4.45. The number of alkyl halides is 3. The highest BCUT2D eigenvalue weighted by atomic mass is 32.2. The normalized spacial score (nSPS) is 25.1.